The van der Waals surface area contributed by atoms with Crippen LogP contribution >= 0.6 is 0 Å². The zero-order chi connectivity index (χ0) is 21.1. The average molecular weight is 402 g/mol. The topological polar surface area (TPSA) is 69.0 Å². The number of aromatic nitrogens is 3. The van der Waals surface area contributed by atoms with E-state index in [1.165, 1.54) is 19.2 Å². The second-order valence-corrected chi connectivity index (χ2v) is 6.64. The lowest BCUT2D eigenvalue weighted by molar-refractivity contribution is 0.0594. The van der Waals surface area contributed by atoms with Gasteiger partial charge in [-0.3, -0.25) is 0 Å². The Labute approximate surface area is 172 Å². The Kier molecular flexibility index (Phi) is 5.26. The van der Waals surface area contributed by atoms with E-state index in [0.717, 1.165) is 33.4 Å². The summed E-state index contributed by atoms with van der Waals surface area (Å²) < 4.78 is 19.7. The minimum absolute atomic E-state index is 0.255. The number of hydrogen-bond donors (Lipinski definition) is 1. The molecular weight excluding hydrogens is 383 g/mol. The van der Waals surface area contributed by atoms with E-state index >= 15 is 0 Å². The monoisotopic (exact) mass is 402 g/mol. The summed E-state index contributed by atoms with van der Waals surface area (Å²) in [6.07, 6.45) is 3.34. The van der Waals surface area contributed by atoms with Crippen molar-refractivity contribution in [3.8, 4) is 5.69 Å². The number of nitrogens with zero attached hydrogens (tertiary/aromatic N) is 3. The fourth-order valence-corrected chi connectivity index (χ4v) is 3.21. The third kappa shape index (κ3) is 3.77. The number of ether oxygens (including phenoxy) is 1. The number of fused-ring (bicyclic) bond motifs is 1. The molecule has 2 heterocycles. The molecule has 0 unspecified atom stereocenters. The van der Waals surface area contributed by atoms with E-state index in [4.69, 9.17) is 4.74 Å². The maximum absolute atomic E-state index is 13.2. The largest absolute Gasteiger partial charge is 0.464 e. The second-order valence-electron chi connectivity index (χ2n) is 6.64. The Morgan fingerprint density at radius 1 is 1.20 bits per heavy atom. The van der Waals surface area contributed by atoms with Gasteiger partial charge in [-0.05, 0) is 48.0 Å². The molecule has 30 heavy (non-hydrogen) atoms. The first-order valence-corrected chi connectivity index (χ1v) is 9.26. The van der Waals surface area contributed by atoms with Crippen molar-refractivity contribution in [2.24, 2.45) is 0 Å². The standard InChI is InChI=1S/C23H19FN4O2/c1-15(26-13-16-10-11-25-21(12-16)23(29)30-2)19-4-3-5-22-20(19)14-27-28(22)18-8-6-17(24)7-9-18/h3-12,14,26H,1,13H2,2H3. The number of carbonyl (C=O) groups excluding carboxylic acids is 1. The van der Waals surface area contributed by atoms with Crippen LogP contribution in [0, 0.1) is 5.82 Å². The zero-order valence-electron chi connectivity index (χ0n) is 16.3. The molecule has 0 saturated heterocycles. The van der Waals surface area contributed by atoms with Crippen LogP contribution in [0.1, 0.15) is 21.6 Å². The van der Waals surface area contributed by atoms with Gasteiger partial charge in [0.1, 0.15) is 11.5 Å². The van der Waals surface area contributed by atoms with E-state index in [1.807, 2.05) is 24.3 Å². The molecule has 4 rings (SSSR count). The van der Waals surface area contributed by atoms with Gasteiger partial charge >= 0.3 is 5.97 Å². The third-order valence-corrected chi connectivity index (χ3v) is 4.73. The van der Waals surface area contributed by atoms with Crippen molar-refractivity contribution in [3.05, 3.63) is 96.2 Å². The Morgan fingerprint density at radius 2 is 2.00 bits per heavy atom. The van der Waals surface area contributed by atoms with Crippen molar-refractivity contribution in [1.29, 1.82) is 0 Å². The van der Waals surface area contributed by atoms with Crippen LogP contribution < -0.4 is 5.32 Å². The predicted octanol–water partition coefficient (Wildman–Crippen LogP) is 4.11. The maximum atomic E-state index is 13.2. The summed E-state index contributed by atoms with van der Waals surface area (Å²) in [6, 6.07) is 15.5. The molecule has 0 bridgehead atoms. The van der Waals surface area contributed by atoms with Gasteiger partial charge in [-0.2, -0.15) is 5.10 Å². The molecule has 4 aromatic rings. The van der Waals surface area contributed by atoms with Crippen molar-refractivity contribution in [2.75, 3.05) is 7.11 Å². The smallest absolute Gasteiger partial charge is 0.356 e. The molecule has 6 nitrogen and oxygen atoms in total. The minimum atomic E-state index is -0.478. The first-order valence-electron chi connectivity index (χ1n) is 9.26. The second kappa shape index (κ2) is 8.16. The van der Waals surface area contributed by atoms with E-state index in [2.05, 4.69) is 22.0 Å². The normalized spacial score (nSPS) is 10.7. The molecule has 0 aliphatic heterocycles. The molecule has 1 N–H and O–H groups in total. The number of benzene rings is 2. The number of pyridine rings is 1. The SMILES string of the molecule is C=C(NCc1ccnc(C(=O)OC)c1)c1cccc2c1cnn2-c1ccc(F)cc1. The number of rotatable bonds is 6. The van der Waals surface area contributed by atoms with Crippen molar-refractivity contribution in [3.63, 3.8) is 0 Å². The van der Waals surface area contributed by atoms with Crippen molar-refractivity contribution in [2.45, 2.75) is 6.54 Å². The average Bonchev–Trinajstić information content (AvgIpc) is 3.22. The summed E-state index contributed by atoms with van der Waals surface area (Å²) in [5, 5.41) is 8.67. The van der Waals surface area contributed by atoms with Crippen LogP contribution in [0.4, 0.5) is 4.39 Å². The van der Waals surface area contributed by atoms with E-state index < -0.39 is 5.97 Å². The highest BCUT2D eigenvalue weighted by Gasteiger charge is 2.12. The van der Waals surface area contributed by atoms with Gasteiger partial charge in [-0.15, -0.1) is 0 Å². The van der Waals surface area contributed by atoms with Gasteiger partial charge in [0.25, 0.3) is 0 Å². The fraction of sp³-hybridized carbons (Fsp3) is 0.0870. The first kappa shape index (κ1) is 19.3. The lowest BCUT2D eigenvalue weighted by Crippen LogP contribution is -2.12. The van der Waals surface area contributed by atoms with Gasteiger partial charge in [-0.25, -0.2) is 18.9 Å². The van der Waals surface area contributed by atoms with Gasteiger partial charge in [0, 0.05) is 29.4 Å². The number of methoxy groups -OCH3 is 1. The molecule has 0 saturated carbocycles. The number of esters is 1. The van der Waals surface area contributed by atoms with E-state index in [9.17, 15) is 9.18 Å². The molecule has 0 amide bonds. The van der Waals surface area contributed by atoms with Crippen molar-refractivity contribution in [1.82, 2.24) is 20.1 Å². The Hall–Kier alpha value is -4.00. The summed E-state index contributed by atoms with van der Waals surface area (Å²) in [6.45, 7) is 4.62. The Morgan fingerprint density at radius 3 is 2.77 bits per heavy atom. The van der Waals surface area contributed by atoms with Gasteiger partial charge in [0.05, 0.1) is 24.5 Å². The molecule has 0 radical (unpaired) electrons. The highest BCUT2D eigenvalue weighted by Crippen LogP contribution is 2.25. The molecule has 0 fully saturated rings. The van der Waals surface area contributed by atoms with Gasteiger partial charge in [0.15, 0.2) is 0 Å². The van der Waals surface area contributed by atoms with Crippen LogP contribution in [-0.2, 0) is 11.3 Å². The molecular formula is C23H19FN4O2. The molecule has 0 atom stereocenters. The van der Waals surface area contributed by atoms with Gasteiger partial charge < -0.3 is 10.1 Å². The summed E-state index contributed by atoms with van der Waals surface area (Å²) in [5.41, 5.74) is 4.41. The predicted molar refractivity (Wildman–Crippen MR) is 112 cm³/mol. The van der Waals surface area contributed by atoms with E-state index in [-0.39, 0.29) is 11.5 Å². The molecule has 0 aliphatic carbocycles. The highest BCUT2D eigenvalue weighted by atomic mass is 19.1. The van der Waals surface area contributed by atoms with Gasteiger partial charge in [0.2, 0.25) is 0 Å². The molecule has 0 aliphatic rings. The highest BCUT2D eigenvalue weighted by molar-refractivity contribution is 5.91. The minimum Gasteiger partial charge on any atom is -0.464 e. The molecule has 2 aromatic heterocycles. The molecule has 0 spiro atoms. The van der Waals surface area contributed by atoms with Crippen molar-refractivity contribution >= 4 is 22.6 Å². The lowest BCUT2D eigenvalue weighted by Gasteiger charge is -2.12. The Bertz CT molecular complexity index is 1230. The fourth-order valence-electron chi connectivity index (χ4n) is 3.21. The van der Waals surface area contributed by atoms with Crippen molar-refractivity contribution < 1.29 is 13.9 Å². The number of hydrogen-bond acceptors (Lipinski definition) is 5. The van der Waals surface area contributed by atoms with Crippen LogP contribution in [0.25, 0.3) is 22.3 Å². The molecule has 150 valence electrons. The van der Waals surface area contributed by atoms with E-state index in [0.29, 0.717) is 6.54 Å². The number of nitrogens with one attached hydrogen (secondary N) is 1. The maximum Gasteiger partial charge on any atom is 0.356 e. The number of carbonyl (C=O) groups is 1. The van der Waals surface area contributed by atoms with Crippen LogP contribution in [0.5, 0.6) is 0 Å². The lowest BCUT2D eigenvalue weighted by atomic mass is 10.1. The third-order valence-electron chi connectivity index (χ3n) is 4.73. The van der Waals surface area contributed by atoms with Crippen LogP contribution in [0.15, 0.2) is 73.6 Å². The van der Waals surface area contributed by atoms with E-state index in [1.54, 1.807) is 35.3 Å². The van der Waals surface area contributed by atoms with Crippen LogP contribution in [0.3, 0.4) is 0 Å². The quantitative estimate of drug-likeness (QED) is 0.492. The zero-order valence-corrected chi connectivity index (χ0v) is 16.3. The van der Waals surface area contributed by atoms with Crippen LogP contribution in [0.2, 0.25) is 0 Å². The molecule has 2 aromatic carbocycles. The summed E-state index contributed by atoms with van der Waals surface area (Å²) in [5.74, 6) is -0.770. The molecule has 7 heteroatoms. The van der Waals surface area contributed by atoms with Crippen LogP contribution in [-0.4, -0.2) is 27.8 Å². The van der Waals surface area contributed by atoms with Gasteiger partial charge in [-0.1, -0.05) is 18.7 Å². The summed E-state index contributed by atoms with van der Waals surface area (Å²) >= 11 is 0. The summed E-state index contributed by atoms with van der Waals surface area (Å²) in [4.78, 5) is 15.7. The summed E-state index contributed by atoms with van der Waals surface area (Å²) in [7, 11) is 1.32. The first-order chi connectivity index (χ1) is 14.6. The number of halogens is 1. The Balaban J connectivity index is 1.57.